The quantitative estimate of drug-likeness (QED) is 0.671. The van der Waals surface area contributed by atoms with E-state index in [1.54, 1.807) is 0 Å². The first kappa shape index (κ1) is 14.7. The molecule has 0 atom stereocenters. The molecule has 0 heterocycles. The van der Waals surface area contributed by atoms with E-state index in [-0.39, 0.29) is 22.0 Å². The summed E-state index contributed by atoms with van der Waals surface area (Å²) in [6, 6.07) is 6.92. The highest BCUT2D eigenvalue weighted by Gasteiger charge is 2.20. The van der Waals surface area contributed by atoms with Crippen LogP contribution in [-0.2, 0) is 0 Å². The third-order valence-electron chi connectivity index (χ3n) is 2.64. The fourth-order valence-corrected chi connectivity index (χ4v) is 1.84. The van der Waals surface area contributed by atoms with Crippen molar-refractivity contribution in [3.8, 4) is 5.75 Å². The second kappa shape index (κ2) is 5.76. The number of carbonyl (C=O) groups is 1. The first-order valence-corrected chi connectivity index (χ1v) is 6.00. The molecule has 108 valence electrons. The lowest BCUT2D eigenvalue weighted by molar-refractivity contribution is -0.383. The molecule has 0 saturated heterocycles. The fraction of sp³-hybridized carbons (Fsp3) is 0. The minimum atomic E-state index is -0.976. The molecule has 0 aliphatic rings. The van der Waals surface area contributed by atoms with Crippen molar-refractivity contribution in [2.24, 2.45) is 0 Å². The number of halogens is 2. The van der Waals surface area contributed by atoms with E-state index < -0.39 is 22.4 Å². The van der Waals surface area contributed by atoms with Crippen molar-refractivity contribution in [1.82, 2.24) is 0 Å². The SMILES string of the molecule is O=C(Nc1c(Cl)cccc1[N+](=O)[O-])c1ccc(O)c(F)c1. The highest BCUT2D eigenvalue weighted by molar-refractivity contribution is 6.34. The molecule has 0 aliphatic heterocycles. The normalized spacial score (nSPS) is 10.2. The minimum Gasteiger partial charge on any atom is -0.505 e. The summed E-state index contributed by atoms with van der Waals surface area (Å²) in [4.78, 5) is 22.2. The van der Waals surface area contributed by atoms with Gasteiger partial charge in [0.25, 0.3) is 11.6 Å². The molecule has 6 nitrogen and oxygen atoms in total. The lowest BCUT2D eigenvalue weighted by atomic mass is 10.2. The molecule has 0 bridgehead atoms. The van der Waals surface area contributed by atoms with E-state index in [0.29, 0.717) is 0 Å². The number of nitro groups is 1. The van der Waals surface area contributed by atoms with E-state index in [2.05, 4.69) is 5.32 Å². The summed E-state index contributed by atoms with van der Waals surface area (Å²) in [7, 11) is 0. The molecular formula is C13H8ClFN2O4. The van der Waals surface area contributed by atoms with Gasteiger partial charge in [-0.05, 0) is 24.3 Å². The van der Waals surface area contributed by atoms with Gasteiger partial charge in [0.15, 0.2) is 11.6 Å². The predicted octanol–water partition coefficient (Wildman–Crippen LogP) is 3.35. The van der Waals surface area contributed by atoms with Crippen molar-refractivity contribution < 1.29 is 19.2 Å². The van der Waals surface area contributed by atoms with Crippen LogP contribution < -0.4 is 5.32 Å². The van der Waals surface area contributed by atoms with Gasteiger partial charge in [-0.3, -0.25) is 14.9 Å². The van der Waals surface area contributed by atoms with E-state index >= 15 is 0 Å². The predicted molar refractivity (Wildman–Crippen MR) is 74.1 cm³/mol. The molecule has 0 unspecified atom stereocenters. The van der Waals surface area contributed by atoms with E-state index in [1.165, 1.54) is 24.3 Å². The van der Waals surface area contributed by atoms with E-state index in [1.807, 2.05) is 0 Å². The second-order valence-corrected chi connectivity index (χ2v) is 4.42. The zero-order valence-electron chi connectivity index (χ0n) is 10.3. The van der Waals surface area contributed by atoms with Gasteiger partial charge in [-0.1, -0.05) is 17.7 Å². The largest absolute Gasteiger partial charge is 0.505 e. The molecule has 0 aliphatic carbocycles. The summed E-state index contributed by atoms with van der Waals surface area (Å²) in [6.45, 7) is 0. The Kier molecular flexibility index (Phi) is 4.04. The van der Waals surface area contributed by atoms with Crippen LogP contribution in [0.2, 0.25) is 5.02 Å². The van der Waals surface area contributed by atoms with Gasteiger partial charge in [-0.15, -0.1) is 0 Å². The summed E-state index contributed by atoms with van der Waals surface area (Å²) in [5.41, 5.74) is -0.669. The maximum Gasteiger partial charge on any atom is 0.294 e. The Bertz CT molecular complexity index is 736. The molecule has 2 rings (SSSR count). The third kappa shape index (κ3) is 3.09. The maximum absolute atomic E-state index is 13.2. The molecule has 1 amide bonds. The van der Waals surface area contributed by atoms with E-state index in [9.17, 15) is 19.3 Å². The average Bonchev–Trinajstić information content (AvgIpc) is 2.43. The Morgan fingerprint density at radius 1 is 1.33 bits per heavy atom. The molecule has 0 spiro atoms. The number of phenols is 1. The number of hydrogen-bond acceptors (Lipinski definition) is 4. The van der Waals surface area contributed by atoms with Crippen molar-refractivity contribution in [3.63, 3.8) is 0 Å². The van der Waals surface area contributed by atoms with Crippen LogP contribution in [0.5, 0.6) is 5.75 Å². The number of rotatable bonds is 3. The number of phenolic OH excluding ortho intramolecular Hbond substituents is 1. The Morgan fingerprint density at radius 3 is 2.67 bits per heavy atom. The minimum absolute atomic E-state index is 0.0169. The average molecular weight is 311 g/mol. The number of amides is 1. The number of benzene rings is 2. The Morgan fingerprint density at radius 2 is 2.05 bits per heavy atom. The number of hydrogen-bond donors (Lipinski definition) is 2. The second-order valence-electron chi connectivity index (χ2n) is 4.01. The van der Waals surface area contributed by atoms with Gasteiger partial charge in [0.05, 0.1) is 9.95 Å². The molecule has 0 saturated carbocycles. The Balaban J connectivity index is 2.36. The zero-order chi connectivity index (χ0) is 15.6. The van der Waals surface area contributed by atoms with Crippen LogP contribution in [-0.4, -0.2) is 15.9 Å². The van der Waals surface area contributed by atoms with Crippen LogP contribution in [0, 0.1) is 15.9 Å². The van der Waals surface area contributed by atoms with Crippen molar-refractivity contribution >= 4 is 28.9 Å². The molecular weight excluding hydrogens is 303 g/mol. The number of nitro benzene ring substituents is 1. The summed E-state index contributed by atoms with van der Waals surface area (Å²) in [5.74, 6) is -2.36. The molecule has 0 radical (unpaired) electrons. The van der Waals surface area contributed by atoms with Gasteiger partial charge in [0.2, 0.25) is 0 Å². The number of nitrogens with one attached hydrogen (secondary N) is 1. The first-order chi connectivity index (χ1) is 9.90. The Labute approximate surface area is 122 Å². The molecule has 21 heavy (non-hydrogen) atoms. The smallest absolute Gasteiger partial charge is 0.294 e. The van der Waals surface area contributed by atoms with Crippen molar-refractivity contribution in [2.75, 3.05) is 5.32 Å². The molecule has 2 aromatic rings. The first-order valence-electron chi connectivity index (χ1n) is 5.63. The van der Waals surface area contributed by atoms with Gasteiger partial charge >= 0.3 is 0 Å². The Hall–Kier alpha value is -2.67. The van der Waals surface area contributed by atoms with Gasteiger partial charge in [-0.25, -0.2) is 4.39 Å². The summed E-state index contributed by atoms with van der Waals surface area (Å²) in [6.07, 6.45) is 0. The number of carbonyl (C=O) groups excluding carboxylic acids is 1. The summed E-state index contributed by atoms with van der Waals surface area (Å²) < 4.78 is 13.2. The standard InChI is InChI=1S/C13H8ClFN2O4/c14-8-2-1-3-10(17(20)21)12(8)16-13(19)7-4-5-11(18)9(15)6-7/h1-6,18H,(H,16,19). The number of nitrogens with zero attached hydrogens (tertiary/aromatic N) is 1. The van der Waals surface area contributed by atoms with Gasteiger partial charge in [0.1, 0.15) is 5.69 Å². The van der Waals surface area contributed by atoms with Crippen LogP contribution in [0.3, 0.4) is 0 Å². The fourth-order valence-electron chi connectivity index (χ4n) is 1.62. The van der Waals surface area contributed by atoms with Crippen LogP contribution in [0.15, 0.2) is 36.4 Å². The monoisotopic (exact) mass is 310 g/mol. The summed E-state index contributed by atoms with van der Waals surface area (Å²) in [5, 5.41) is 22.2. The van der Waals surface area contributed by atoms with Gasteiger partial charge in [0, 0.05) is 11.6 Å². The highest BCUT2D eigenvalue weighted by atomic mass is 35.5. The lowest BCUT2D eigenvalue weighted by Gasteiger charge is -2.08. The number of para-hydroxylation sites is 1. The van der Waals surface area contributed by atoms with Crippen LogP contribution >= 0.6 is 11.6 Å². The van der Waals surface area contributed by atoms with Gasteiger partial charge < -0.3 is 10.4 Å². The topological polar surface area (TPSA) is 92.5 Å². The summed E-state index contributed by atoms with van der Waals surface area (Å²) >= 11 is 5.83. The van der Waals surface area contributed by atoms with Crippen molar-refractivity contribution in [3.05, 3.63) is 62.9 Å². The maximum atomic E-state index is 13.2. The number of aromatic hydroxyl groups is 1. The molecule has 0 aromatic heterocycles. The highest BCUT2D eigenvalue weighted by Crippen LogP contribution is 2.32. The van der Waals surface area contributed by atoms with Crippen molar-refractivity contribution in [1.29, 1.82) is 0 Å². The molecule has 8 heteroatoms. The molecule has 2 N–H and O–H groups in total. The molecule has 2 aromatic carbocycles. The third-order valence-corrected chi connectivity index (χ3v) is 2.95. The zero-order valence-corrected chi connectivity index (χ0v) is 11.1. The van der Waals surface area contributed by atoms with Crippen molar-refractivity contribution in [2.45, 2.75) is 0 Å². The molecule has 0 fully saturated rings. The van der Waals surface area contributed by atoms with E-state index in [4.69, 9.17) is 16.7 Å². The van der Waals surface area contributed by atoms with Crippen LogP contribution in [0.25, 0.3) is 0 Å². The van der Waals surface area contributed by atoms with Crippen LogP contribution in [0.1, 0.15) is 10.4 Å². The van der Waals surface area contributed by atoms with Crippen LogP contribution in [0.4, 0.5) is 15.8 Å². The lowest BCUT2D eigenvalue weighted by Crippen LogP contribution is -2.13. The van der Waals surface area contributed by atoms with Gasteiger partial charge in [-0.2, -0.15) is 0 Å². The van der Waals surface area contributed by atoms with E-state index in [0.717, 1.165) is 12.1 Å². The number of anilines is 1.